The van der Waals surface area contributed by atoms with E-state index in [0.29, 0.717) is 6.54 Å². The molecule has 152 valence electrons. The van der Waals surface area contributed by atoms with Crippen molar-refractivity contribution >= 4 is 17.2 Å². The van der Waals surface area contributed by atoms with Crippen LogP contribution in [-0.4, -0.2) is 40.0 Å². The number of hydrogen-bond acceptors (Lipinski definition) is 5. The van der Waals surface area contributed by atoms with Gasteiger partial charge in [0, 0.05) is 48.0 Å². The number of amides is 1. The van der Waals surface area contributed by atoms with E-state index in [1.807, 2.05) is 31.7 Å². The van der Waals surface area contributed by atoms with Crippen LogP contribution in [0.3, 0.4) is 0 Å². The maximum absolute atomic E-state index is 13.3. The maximum Gasteiger partial charge on any atom is 0.255 e. The molecule has 1 atom stereocenters. The minimum atomic E-state index is 0.170. The molecule has 0 radical (unpaired) electrons. The van der Waals surface area contributed by atoms with Gasteiger partial charge in [0.15, 0.2) is 0 Å². The van der Waals surface area contributed by atoms with Crippen LogP contribution >= 0.6 is 11.3 Å². The van der Waals surface area contributed by atoms with Crippen molar-refractivity contribution in [2.24, 2.45) is 0 Å². The number of carbonyl (C=O) groups is 1. The fourth-order valence-corrected chi connectivity index (χ4v) is 4.82. The smallest absolute Gasteiger partial charge is 0.255 e. The molecule has 0 saturated carbocycles. The molecule has 3 heterocycles. The third-order valence-corrected chi connectivity index (χ3v) is 6.75. The lowest BCUT2D eigenvalue weighted by Crippen LogP contribution is -2.39. The van der Waals surface area contributed by atoms with Crippen LogP contribution in [0.4, 0.5) is 0 Å². The molecule has 2 aromatic heterocycles. The molecule has 0 saturated heterocycles. The van der Waals surface area contributed by atoms with Crippen molar-refractivity contribution in [3.05, 3.63) is 50.6 Å². The number of carbonyl (C=O) groups excluding carboxylic acids is 1. The van der Waals surface area contributed by atoms with Gasteiger partial charge in [-0.25, -0.2) is 0 Å². The molecule has 5 nitrogen and oxygen atoms in total. The van der Waals surface area contributed by atoms with Crippen LogP contribution in [-0.2, 0) is 19.5 Å². The molecular formula is C22H31N3O2S. The van der Waals surface area contributed by atoms with E-state index >= 15 is 0 Å². The SMILES string of the molecule is C/C=C/CN(C(=O)c1csc2c1CCN(Cc1c(C)noc1C)C2)[C@@H](C)CC. The number of allylic oxidation sites excluding steroid dienone is 1. The molecule has 28 heavy (non-hydrogen) atoms. The highest BCUT2D eigenvalue weighted by molar-refractivity contribution is 7.10. The predicted octanol–water partition coefficient (Wildman–Crippen LogP) is 4.73. The van der Waals surface area contributed by atoms with Crippen LogP contribution in [0.2, 0.25) is 0 Å². The third-order valence-electron chi connectivity index (χ3n) is 5.74. The summed E-state index contributed by atoms with van der Waals surface area (Å²) < 4.78 is 5.30. The number of aromatic nitrogens is 1. The molecule has 0 aromatic carbocycles. The highest BCUT2D eigenvalue weighted by Gasteiger charge is 2.28. The largest absolute Gasteiger partial charge is 0.361 e. The van der Waals surface area contributed by atoms with E-state index in [2.05, 4.69) is 35.4 Å². The Balaban J connectivity index is 1.76. The van der Waals surface area contributed by atoms with E-state index in [9.17, 15) is 4.79 Å². The summed E-state index contributed by atoms with van der Waals surface area (Å²) in [7, 11) is 0. The second-order valence-corrected chi connectivity index (χ2v) is 8.56. The summed E-state index contributed by atoms with van der Waals surface area (Å²) >= 11 is 1.72. The first-order chi connectivity index (χ1) is 13.5. The molecule has 2 aromatic rings. The van der Waals surface area contributed by atoms with Crippen molar-refractivity contribution < 1.29 is 9.32 Å². The van der Waals surface area contributed by atoms with E-state index in [4.69, 9.17) is 4.52 Å². The molecule has 0 N–H and O–H groups in total. The average molecular weight is 402 g/mol. The average Bonchev–Trinajstić information content (AvgIpc) is 3.25. The standard InChI is InChI=1S/C22H31N3O2S/c1-6-8-10-25(15(3)7-2)22(26)20-14-28-21-13-24(11-9-18(20)21)12-19-16(4)23-27-17(19)5/h6,8,14-15H,7,9-13H2,1-5H3/b8-6+/t15-/m0/s1. The minimum absolute atomic E-state index is 0.170. The summed E-state index contributed by atoms with van der Waals surface area (Å²) in [6.07, 6.45) is 5.95. The number of rotatable bonds is 7. The first-order valence-corrected chi connectivity index (χ1v) is 11.0. The summed E-state index contributed by atoms with van der Waals surface area (Å²) in [5.41, 5.74) is 4.31. The second-order valence-electron chi connectivity index (χ2n) is 7.60. The lowest BCUT2D eigenvalue weighted by Gasteiger charge is -2.30. The van der Waals surface area contributed by atoms with Crippen molar-refractivity contribution in [1.82, 2.24) is 15.0 Å². The Bertz CT molecular complexity index is 833. The fourth-order valence-electron chi connectivity index (χ4n) is 3.70. The Hall–Kier alpha value is -1.92. The van der Waals surface area contributed by atoms with Crippen LogP contribution in [0.15, 0.2) is 22.1 Å². The summed E-state index contributed by atoms with van der Waals surface area (Å²) in [6.45, 7) is 13.6. The number of fused-ring (bicyclic) bond motifs is 1. The summed E-state index contributed by atoms with van der Waals surface area (Å²) in [6, 6.07) is 0.235. The molecule has 1 aliphatic rings. The van der Waals surface area contributed by atoms with Crippen LogP contribution in [0.1, 0.15) is 65.0 Å². The second kappa shape index (κ2) is 9.05. The molecular weight excluding hydrogens is 370 g/mol. The Labute approximate surface area is 172 Å². The summed E-state index contributed by atoms with van der Waals surface area (Å²) in [4.78, 5) is 19.0. The molecule has 1 aliphatic heterocycles. The Morgan fingerprint density at radius 3 is 2.89 bits per heavy atom. The molecule has 6 heteroatoms. The molecule has 1 amide bonds. The van der Waals surface area contributed by atoms with Gasteiger partial charge in [-0.1, -0.05) is 24.2 Å². The Morgan fingerprint density at radius 1 is 1.46 bits per heavy atom. The number of thiophene rings is 1. The van der Waals surface area contributed by atoms with Gasteiger partial charge in [0.05, 0.1) is 11.3 Å². The van der Waals surface area contributed by atoms with E-state index in [1.54, 1.807) is 11.3 Å². The molecule has 3 rings (SSSR count). The van der Waals surface area contributed by atoms with E-state index in [1.165, 1.54) is 16.0 Å². The zero-order valence-electron chi connectivity index (χ0n) is 17.6. The number of hydrogen-bond donors (Lipinski definition) is 0. The monoisotopic (exact) mass is 401 g/mol. The van der Waals surface area contributed by atoms with Crippen LogP contribution in [0.5, 0.6) is 0 Å². The first-order valence-electron chi connectivity index (χ1n) is 10.1. The quantitative estimate of drug-likeness (QED) is 0.630. The minimum Gasteiger partial charge on any atom is -0.361 e. The highest BCUT2D eigenvalue weighted by Crippen LogP contribution is 2.31. The topological polar surface area (TPSA) is 49.6 Å². The van der Waals surface area contributed by atoms with Gasteiger partial charge in [-0.05, 0) is 46.1 Å². The Kier molecular flexibility index (Phi) is 6.73. The number of aryl methyl sites for hydroxylation is 2. The van der Waals surface area contributed by atoms with Gasteiger partial charge in [-0.2, -0.15) is 0 Å². The van der Waals surface area contributed by atoms with Crippen LogP contribution in [0, 0.1) is 13.8 Å². The molecule has 0 spiro atoms. The Morgan fingerprint density at radius 2 is 2.25 bits per heavy atom. The van der Waals surface area contributed by atoms with Crippen molar-refractivity contribution in [2.75, 3.05) is 13.1 Å². The number of nitrogens with zero attached hydrogens (tertiary/aromatic N) is 3. The van der Waals surface area contributed by atoms with Gasteiger partial charge in [0.1, 0.15) is 5.76 Å². The summed E-state index contributed by atoms with van der Waals surface area (Å²) in [5, 5.41) is 6.13. The van der Waals surface area contributed by atoms with Crippen molar-refractivity contribution in [3.63, 3.8) is 0 Å². The van der Waals surface area contributed by atoms with Gasteiger partial charge in [0.2, 0.25) is 0 Å². The lowest BCUT2D eigenvalue weighted by atomic mass is 10.0. The van der Waals surface area contributed by atoms with Crippen LogP contribution in [0.25, 0.3) is 0 Å². The van der Waals surface area contributed by atoms with E-state index in [0.717, 1.165) is 49.5 Å². The van der Waals surface area contributed by atoms with Crippen molar-refractivity contribution in [3.8, 4) is 0 Å². The third kappa shape index (κ3) is 4.23. The maximum atomic E-state index is 13.3. The van der Waals surface area contributed by atoms with Gasteiger partial charge in [0.25, 0.3) is 5.91 Å². The summed E-state index contributed by atoms with van der Waals surface area (Å²) in [5.74, 6) is 1.07. The van der Waals surface area contributed by atoms with E-state index in [-0.39, 0.29) is 11.9 Å². The normalized spacial score (nSPS) is 15.8. The van der Waals surface area contributed by atoms with E-state index < -0.39 is 0 Å². The highest BCUT2D eigenvalue weighted by atomic mass is 32.1. The zero-order chi connectivity index (χ0) is 20.3. The molecule has 0 aliphatic carbocycles. The molecule has 0 bridgehead atoms. The van der Waals surface area contributed by atoms with Gasteiger partial charge in [-0.15, -0.1) is 11.3 Å². The van der Waals surface area contributed by atoms with Crippen molar-refractivity contribution in [1.29, 1.82) is 0 Å². The molecule has 0 fully saturated rings. The van der Waals surface area contributed by atoms with Crippen LogP contribution < -0.4 is 0 Å². The molecule has 0 unspecified atom stereocenters. The fraction of sp³-hybridized carbons (Fsp3) is 0.545. The lowest BCUT2D eigenvalue weighted by molar-refractivity contribution is 0.0711. The zero-order valence-corrected chi connectivity index (χ0v) is 18.4. The first kappa shape index (κ1) is 20.8. The van der Waals surface area contributed by atoms with Gasteiger partial charge in [-0.3, -0.25) is 9.69 Å². The van der Waals surface area contributed by atoms with Gasteiger partial charge >= 0.3 is 0 Å². The van der Waals surface area contributed by atoms with Crippen molar-refractivity contribution in [2.45, 2.75) is 66.6 Å². The predicted molar refractivity (Wildman–Crippen MR) is 114 cm³/mol. The van der Waals surface area contributed by atoms with Gasteiger partial charge < -0.3 is 9.42 Å².